The molecule has 2 aromatic rings. The summed E-state index contributed by atoms with van der Waals surface area (Å²) in [5.41, 5.74) is 3.70. The Labute approximate surface area is 105 Å². The zero-order chi connectivity index (χ0) is 13.3. The van der Waals surface area contributed by atoms with Crippen molar-refractivity contribution in [1.82, 2.24) is 10.1 Å². The van der Waals surface area contributed by atoms with Crippen molar-refractivity contribution in [1.29, 1.82) is 0 Å². The molecule has 0 aromatic carbocycles. The summed E-state index contributed by atoms with van der Waals surface area (Å²) in [4.78, 5) is 15.6. The molecular weight excluding hydrogens is 232 g/mol. The number of aromatic nitrogens is 2. The van der Waals surface area contributed by atoms with Gasteiger partial charge in [-0.1, -0.05) is 5.16 Å². The molecule has 0 amide bonds. The molecule has 0 fully saturated rings. The summed E-state index contributed by atoms with van der Waals surface area (Å²) in [5.74, 6) is 0.303. The molecule has 0 spiro atoms. The highest BCUT2D eigenvalue weighted by Crippen LogP contribution is 2.27. The molecule has 0 radical (unpaired) electrons. The van der Waals surface area contributed by atoms with Gasteiger partial charge in [-0.3, -0.25) is 0 Å². The predicted octanol–water partition coefficient (Wildman–Crippen LogP) is 2.45. The number of methoxy groups -OCH3 is 1. The maximum absolute atomic E-state index is 11.5. The van der Waals surface area contributed by atoms with Crippen LogP contribution < -0.4 is 0 Å². The third-order valence-corrected chi connectivity index (χ3v) is 2.78. The molecular formula is C13H14N2O3. The number of carbonyl (C=O) groups is 1. The van der Waals surface area contributed by atoms with E-state index in [1.807, 2.05) is 26.8 Å². The lowest BCUT2D eigenvalue weighted by Crippen LogP contribution is -2.06. The van der Waals surface area contributed by atoms with Crippen molar-refractivity contribution in [2.24, 2.45) is 0 Å². The highest BCUT2D eigenvalue weighted by molar-refractivity contribution is 5.89. The zero-order valence-corrected chi connectivity index (χ0v) is 10.8. The number of nitrogens with zero attached hydrogens (tertiary/aromatic N) is 2. The maximum Gasteiger partial charge on any atom is 0.356 e. The normalized spacial score (nSPS) is 10.4. The van der Waals surface area contributed by atoms with Gasteiger partial charge < -0.3 is 9.26 Å². The van der Waals surface area contributed by atoms with Gasteiger partial charge in [-0.2, -0.15) is 0 Å². The molecule has 18 heavy (non-hydrogen) atoms. The summed E-state index contributed by atoms with van der Waals surface area (Å²) >= 11 is 0. The molecule has 0 atom stereocenters. The number of hydrogen-bond donors (Lipinski definition) is 0. The first-order valence-corrected chi connectivity index (χ1v) is 5.52. The zero-order valence-electron chi connectivity index (χ0n) is 10.8. The van der Waals surface area contributed by atoms with Crippen LogP contribution in [-0.2, 0) is 4.74 Å². The molecule has 94 valence electrons. The van der Waals surface area contributed by atoms with Gasteiger partial charge in [-0.25, -0.2) is 9.78 Å². The van der Waals surface area contributed by atoms with E-state index >= 15 is 0 Å². The van der Waals surface area contributed by atoms with Crippen molar-refractivity contribution < 1.29 is 14.1 Å². The Morgan fingerprint density at radius 2 is 2.06 bits per heavy atom. The van der Waals surface area contributed by atoms with Gasteiger partial charge in [0.05, 0.1) is 12.8 Å². The number of pyridine rings is 1. The van der Waals surface area contributed by atoms with Gasteiger partial charge in [0.15, 0.2) is 5.69 Å². The van der Waals surface area contributed by atoms with Gasteiger partial charge in [0.2, 0.25) is 0 Å². The van der Waals surface area contributed by atoms with E-state index in [2.05, 4.69) is 14.9 Å². The predicted molar refractivity (Wildman–Crippen MR) is 65.3 cm³/mol. The Hall–Kier alpha value is -2.17. The van der Waals surface area contributed by atoms with Crippen LogP contribution in [0.1, 0.15) is 27.5 Å². The van der Waals surface area contributed by atoms with E-state index in [4.69, 9.17) is 4.52 Å². The lowest BCUT2D eigenvalue weighted by Gasteiger charge is -2.05. The lowest BCUT2D eigenvalue weighted by atomic mass is 10.0. The van der Waals surface area contributed by atoms with E-state index < -0.39 is 5.97 Å². The molecule has 0 N–H and O–H groups in total. The molecule has 0 bridgehead atoms. The second-order valence-corrected chi connectivity index (χ2v) is 4.08. The topological polar surface area (TPSA) is 65.2 Å². The summed E-state index contributed by atoms with van der Waals surface area (Å²) in [6.45, 7) is 5.54. The lowest BCUT2D eigenvalue weighted by molar-refractivity contribution is 0.0593. The fraction of sp³-hybridized carbons (Fsp3) is 0.308. The number of aryl methyl sites for hydroxylation is 3. The van der Waals surface area contributed by atoms with Crippen molar-refractivity contribution in [3.05, 3.63) is 35.0 Å². The smallest absolute Gasteiger partial charge is 0.356 e. The van der Waals surface area contributed by atoms with Gasteiger partial charge in [0.1, 0.15) is 5.76 Å². The first kappa shape index (κ1) is 12.3. The van der Waals surface area contributed by atoms with Crippen LogP contribution in [0.25, 0.3) is 11.1 Å². The largest absolute Gasteiger partial charge is 0.464 e. The molecule has 0 aliphatic rings. The fourth-order valence-electron chi connectivity index (χ4n) is 1.92. The molecule has 2 heterocycles. The highest BCUT2D eigenvalue weighted by Gasteiger charge is 2.16. The minimum atomic E-state index is -0.433. The van der Waals surface area contributed by atoms with Gasteiger partial charge >= 0.3 is 5.97 Å². The van der Waals surface area contributed by atoms with Crippen LogP contribution in [-0.4, -0.2) is 23.2 Å². The van der Waals surface area contributed by atoms with Crippen molar-refractivity contribution in [2.75, 3.05) is 7.11 Å². The van der Waals surface area contributed by atoms with Gasteiger partial charge in [0, 0.05) is 17.3 Å². The quantitative estimate of drug-likeness (QED) is 0.761. The first-order valence-electron chi connectivity index (χ1n) is 5.52. The second kappa shape index (κ2) is 4.60. The molecule has 0 saturated heterocycles. The minimum Gasteiger partial charge on any atom is -0.464 e. The van der Waals surface area contributed by atoms with E-state index in [1.54, 1.807) is 6.20 Å². The monoisotopic (exact) mass is 246 g/mol. The molecule has 2 aromatic heterocycles. The Bertz CT molecular complexity index is 583. The SMILES string of the molecule is COC(=O)c1ncc(-c2c(C)noc2C)cc1C. The minimum absolute atomic E-state index is 0.327. The van der Waals surface area contributed by atoms with E-state index in [1.165, 1.54) is 7.11 Å². The number of carbonyl (C=O) groups excluding carboxylic acids is 1. The Kier molecular flexibility index (Phi) is 3.14. The molecule has 0 aliphatic heterocycles. The van der Waals surface area contributed by atoms with Crippen LogP contribution in [0, 0.1) is 20.8 Å². The van der Waals surface area contributed by atoms with Crippen LogP contribution >= 0.6 is 0 Å². The molecule has 0 unspecified atom stereocenters. The van der Waals surface area contributed by atoms with Crippen molar-refractivity contribution in [2.45, 2.75) is 20.8 Å². The van der Waals surface area contributed by atoms with Crippen LogP contribution in [0.4, 0.5) is 0 Å². The van der Waals surface area contributed by atoms with Crippen LogP contribution in [0.3, 0.4) is 0 Å². The van der Waals surface area contributed by atoms with E-state index in [9.17, 15) is 4.79 Å². The van der Waals surface area contributed by atoms with Crippen LogP contribution in [0.2, 0.25) is 0 Å². The van der Waals surface area contributed by atoms with Crippen LogP contribution in [0.5, 0.6) is 0 Å². The number of rotatable bonds is 2. The number of hydrogen-bond acceptors (Lipinski definition) is 5. The van der Waals surface area contributed by atoms with Gasteiger partial charge in [-0.15, -0.1) is 0 Å². The molecule has 0 saturated carbocycles. The number of esters is 1. The molecule has 0 aliphatic carbocycles. The van der Waals surface area contributed by atoms with Crippen LogP contribution in [0.15, 0.2) is 16.8 Å². The molecule has 5 nitrogen and oxygen atoms in total. The summed E-state index contributed by atoms with van der Waals surface area (Å²) in [6, 6.07) is 1.88. The Morgan fingerprint density at radius 3 is 2.56 bits per heavy atom. The van der Waals surface area contributed by atoms with Crippen molar-refractivity contribution >= 4 is 5.97 Å². The summed E-state index contributed by atoms with van der Waals surface area (Å²) in [5, 5.41) is 3.90. The Morgan fingerprint density at radius 1 is 1.33 bits per heavy atom. The number of ether oxygens (including phenoxy) is 1. The average molecular weight is 246 g/mol. The van der Waals surface area contributed by atoms with Gasteiger partial charge in [0.25, 0.3) is 0 Å². The third-order valence-electron chi connectivity index (χ3n) is 2.78. The fourth-order valence-corrected chi connectivity index (χ4v) is 1.92. The second-order valence-electron chi connectivity index (χ2n) is 4.08. The molecule has 5 heteroatoms. The standard InChI is InChI=1S/C13H14N2O3/c1-7-5-10(6-14-12(7)13(16)17-4)11-8(2)15-18-9(11)3/h5-6H,1-4H3. The summed E-state index contributed by atoms with van der Waals surface area (Å²) in [7, 11) is 1.34. The average Bonchev–Trinajstić information content (AvgIpc) is 2.68. The van der Waals surface area contributed by atoms with Gasteiger partial charge in [-0.05, 0) is 32.4 Å². The third kappa shape index (κ3) is 1.99. The van der Waals surface area contributed by atoms with Crippen molar-refractivity contribution in [3.63, 3.8) is 0 Å². The maximum atomic E-state index is 11.5. The molecule has 2 rings (SSSR count). The Balaban J connectivity index is 2.50. The summed E-state index contributed by atoms with van der Waals surface area (Å²) < 4.78 is 9.78. The van der Waals surface area contributed by atoms with E-state index in [0.29, 0.717) is 5.69 Å². The van der Waals surface area contributed by atoms with E-state index in [0.717, 1.165) is 28.1 Å². The highest BCUT2D eigenvalue weighted by atomic mass is 16.5. The summed E-state index contributed by atoms with van der Waals surface area (Å²) in [6.07, 6.45) is 1.63. The van der Waals surface area contributed by atoms with Crippen molar-refractivity contribution in [3.8, 4) is 11.1 Å². The first-order chi connectivity index (χ1) is 8.54. The van der Waals surface area contributed by atoms with E-state index in [-0.39, 0.29) is 0 Å².